The van der Waals surface area contributed by atoms with Crippen LogP contribution in [0.15, 0.2) is 67.0 Å². The summed E-state index contributed by atoms with van der Waals surface area (Å²) in [6.45, 7) is 4.30. The number of rotatable bonds is 7. The number of halogens is 3. The normalized spacial score (nSPS) is 14.8. The van der Waals surface area contributed by atoms with Crippen molar-refractivity contribution < 1.29 is 22.8 Å². The summed E-state index contributed by atoms with van der Waals surface area (Å²) < 4.78 is 38.1. The molecule has 1 saturated heterocycles. The maximum absolute atomic E-state index is 12.7. The number of pyridine rings is 1. The predicted octanol–water partition coefficient (Wildman–Crippen LogP) is 4.30. The van der Waals surface area contributed by atoms with Crippen molar-refractivity contribution >= 4 is 29.4 Å². The molecular formula is C29H30F3N7O2. The van der Waals surface area contributed by atoms with E-state index in [1.54, 1.807) is 42.6 Å². The molecule has 1 aliphatic rings. The number of nitrogens with one attached hydrogen (secondary N) is 2. The summed E-state index contributed by atoms with van der Waals surface area (Å²) in [6.07, 6.45) is 4.92. The maximum atomic E-state index is 12.7. The van der Waals surface area contributed by atoms with Crippen molar-refractivity contribution in [2.24, 2.45) is 0 Å². The lowest BCUT2D eigenvalue weighted by Crippen LogP contribution is -2.37. The van der Waals surface area contributed by atoms with Gasteiger partial charge in [-0.1, -0.05) is 30.4 Å². The van der Waals surface area contributed by atoms with Gasteiger partial charge in [-0.15, -0.1) is 5.10 Å². The van der Waals surface area contributed by atoms with Crippen LogP contribution in [0.4, 0.5) is 19.0 Å². The first kappa shape index (κ1) is 29.2. The van der Waals surface area contributed by atoms with Crippen molar-refractivity contribution in [1.29, 1.82) is 0 Å². The Kier molecular flexibility index (Phi) is 9.67. The molecule has 3 aromatic heterocycles. The van der Waals surface area contributed by atoms with Crippen molar-refractivity contribution in [2.45, 2.75) is 32.7 Å². The molecule has 0 saturated carbocycles. The summed E-state index contributed by atoms with van der Waals surface area (Å²) in [5, 5.41) is 9.66. The molecule has 1 aromatic carbocycles. The van der Waals surface area contributed by atoms with Gasteiger partial charge in [0.15, 0.2) is 11.3 Å². The number of carbonyl (C=O) groups excluding carboxylic acids is 2. The van der Waals surface area contributed by atoms with Gasteiger partial charge in [0.2, 0.25) is 0 Å². The van der Waals surface area contributed by atoms with Gasteiger partial charge in [0.1, 0.15) is 17.3 Å². The molecule has 4 aromatic rings. The lowest BCUT2D eigenvalue weighted by molar-refractivity contribution is 0.0884. The van der Waals surface area contributed by atoms with Crippen LogP contribution in [-0.4, -0.2) is 63.5 Å². The smallest absolute Gasteiger partial charge is 0.271 e. The molecular weight excluding hydrogens is 535 g/mol. The van der Waals surface area contributed by atoms with E-state index < -0.39 is 18.9 Å². The number of allylic oxidation sites excluding steroid dienone is 1. The molecule has 5 rings (SSSR count). The molecule has 0 spiro atoms. The summed E-state index contributed by atoms with van der Waals surface area (Å²) in [5.74, 6) is -0.498. The van der Waals surface area contributed by atoms with Crippen molar-refractivity contribution in [3.63, 3.8) is 0 Å². The first-order valence-electron chi connectivity index (χ1n) is 13.0. The van der Waals surface area contributed by atoms with Gasteiger partial charge in [0.05, 0.1) is 12.7 Å². The standard InChI is InChI=1S/C23H25F2N7O2.C6H5F/c1-3-4-15-10-26-17(9-14(15)2)22(33)29-16-7-8-31(13-16)21-6-5-20-27-11-18(32(20)30-21)23(34)28-12-19(24)25;7-6-4-2-1-3-5-6/h3-6,9-11,16,19H,7-8,12-13H2,1-2H3,(H,28,34)(H,29,33);1-5H/b4-3+;/t16-;/m0./s1. The van der Waals surface area contributed by atoms with Crippen molar-refractivity contribution in [2.75, 3.05) is 24.5 Å². The molecule has 0 radical (unpaired) electrons. The molecule has 12 heteroatoms. The second kappa shape index (κ2) is 13.6. The number of anilines is 1. The van der Waals surface area contributed by atoms with E-state index in [1.807, 2.05) is 30.9 Å². The Morgan fingerprint density at radius 3 is 2.54 bits per heavy atom. The fourth-order valence-electron chi connectivity index (χ4n) is 4.25. The van der Waals surface area contributed by atoms with E-state index in [2.05, 4.69) is 25.7 Å². The first-order chi connectivity index (χ1) is 19.7. The summed E-state index contributed by atoms with van der Waals surface area (Å²) in [5.41, 5.74) is 2.80. The molecule has 41 heavy (non-hydrogen) atoms. The molecule has 2 amide bonds. The number of aryl methyl sites for hydroxylation is 1. The van der Waals surface area contributed by atoms with Crippen LogP contribution in [0.1, 0.15) is 45.4 Å². The SMILES string of the molecule is C/C=C/c1cnc(C(=O)N[C@H]2CCN(c3ccc4ncc(C(=O)NCC(F)F)n4n3)C2)cc1C.Fc1ccccc1. The molecule has 0 aliphatic carbocycles. The molecule has 1 atom stereocenters. The Morgan fingerprint density at radius 1 is 1.10 bits per heavy atom. The van der Waals surface area contributed by atoms with Crippen LogP contribution < -0.4 is 15.5 Å². The summed E-state index contributed by atoms with van der Waals surface area (Å²) in [7, 11) is 0. The summed E-state index contributed by atoms with van der Waals surface area (Å²) in [4.78, 5) is 35.3. The van der Waals surface area contributed by atoms with E-state index in [0.717, 1.165) is 11.1 Å². The highest BCUT2D eigenvalue weighted by Gasteiger charge is 2.26. The number of hydrogen-bond donors (Lipinski definition) is 2. The van der Waals surface area contributed by atoms with Crippen molar-refractivity contribution in [1.82, 2.24) is 30.2 Å². The minimum Gasteiger partial charge on any atom is -0.353 e. The Morgan fingerprint density at radius 2 is 1.88 bits per heavy atom. The van der Waals surface area contributed by atoms with Crippen LogP contribution in [0.2, 0.25) is 0 Å². The van der Waals surface area contributed by atoms with Gasteiger partial charge in [0.25, 0.3) is 18.2 Å². The van der Waals surface area contributed by atoms with Crippen LogP contribution in [0.3, 0.4) is 0 Å². The molecule has 2 N–H and O–H groups in total. The highest BCUT2D eigenvalue weighted by molar-refractivity contribution is 5.93. The van der Waals surface area contributed by atoms with E-state index >= 15 is 0 Å². The van der Waals surface area contributed by atoms with E-state index in [9.17, 15) is 22.8 Å². The van der Waals surface area contributed by atoms with Crippen LogP contribution >= 0.6 is 0 Å². The Bertz CT molecular complexity index is 1530. The van der Waals surface area contributed by atoms with E-state index in [-0.39, 0.29) is 23.5 Å². The lowest BCUT2D eigenvalue weighted by atomic mass is 10.1. The molecule has 4 heterocycles. The third kappa shape index (κ3) is 7.68. The van der Waals surface area contributed by atoms with Gasteiger partial charge in [-0.25, -0.2) is 22.7 Å². The number of carbonyl (C=O) groups is 2. The molecule has 214 valence electrons. The number of nitrogens with zero attached hydrogens (tertiary/aromatic N) is 5. The average molecular weight is 566 g/mol. The van der Waals surface area contributed by atoms with Crippen molar-refractivity contribution in [3.8, 4) is 0 Å². The van der Waals surface area contributed by atoms with Crippen LogP contribution in [0.5, 0.6) is 0 Å². The number of amides is 2. The third-order valence-corrected chi connectivity index (χ3v) is 6.31. The lowest BCUT2D eigenvalue weighted by Gasteiger charge is -2.18. The first-order valence-corrected chi connectivity index (χ1v) is 13.0. The van der Waals surface area contributed by atoms with E-state index in [1.165, 1.54) is 22.8 Å². The monoisotopic (exact) mass is 565 g/mol. The van der Waals surface area contributed by atoms with Crippen LogP contribution in [-0.2, 0) is 0 Å². The Hall–Kier alpha value is -4.74. The molecule has 1 aliphatic heterocycles. The van der Waals surface area contributed by atoms with Gasteiger partial charge in [0, 0.05) is 25.3 Å². The second-order valence-corrected chi connectivity index (χ2v) is 9.33. The van der Waals surface area contributed by atoms with Gasteiger partial charge in [-0.05, 0) is 61.7 Å². The Balaban J connectivity index is 0.000000483. The largest absolute Gasteiger partial charge is 0.353 e. The number of imidazole rings is 1. The Labute approximate surface area is 235 Å². The van der Waals surface area contributed by atoms with E-state index in [0.29, 0.717) is 36.7 Å². The molecule has 1 fully saturated rings. The topological polar surface area (TPSA) is 105 Å². The zero-order valence-electron chi connectivity index (χ0n) is 22.6. The number of aromatic nitrogens is 4. The van der Waals surface area contributed by atoms with Crippen LogP contribution in [0, 0.1) is 12.7 Å². The average Bonchev–Trinajstić information content (AvgIpc) is 3.60. The maximum Gasteiger partial charge on any atom is 0.271 e. The molecule has 0 unspecified atom stereocenters. The number of hydrogen-bond acceptors (Lipinski definition) is 6. The minimum atomic E-state index is -2.64. The highest BCUT2D eigenvalue weighted by atomic mass is 19.3. The fraction of sp³-hybridized carbons (Fsp3) is 0.276. The summed E-state index contributed by atoms with van der Waals surface area (Å²) >= 11 is 0. The highest BCUT2D eigenvalue weighted by Crippen LogP contribution is 2.20. The molecule has 9 nitrogen and oxygen atoms in total. The second-order valence-electron chi connectivity index (χ2n) is 9.33. The quantitative estimate of drug-likeness (QED) is 0.347. The minimum absolute atomic E-state index is 0.0735. The van der Waals surface area contributed by atoms with Gasteiger partial charge in [-0.3, -0.25) is 14.6 Å². The zero-order valence-corrected chi connectivity index (χ0v) is 22.6. The van der Waals surface area contributed by atoms with Gasteiger partial charge >= 0.3 is 0 Å². The number of fused-ring (bicyclic) bond motifs is 1. The van der Waals surface area contributed by atoms with Crippen molar-refractivity contribution in [3.05, 3.63) is 95.3 Å². The van der Waals surface area contributed by atoms with E-state index in [4.69, 9.17) is 0 Å². The van der Waals surface area contributed by atoms with Crippen LogP contribution in [0.25, 0.3) is 11.7 Å². The van der Waals surface area contributed by atoms with Gasteiger partial charge in [-0.2, -0.15) is 0 Å². The number of alkyl halides is 2. The third-order valence-electron chi connectivity index (χ3n) is 6.31. The fourth-order valence-corrected chi connectivity index (χ4v) is 4.25. The number of benzene rings is 1. The van der Waals surface area contributed by atoms with Gasteiger partial charge < -0.3 is 15.5 Å². The predicted molar refractivity (Wildman–Crippen MR) is 149 cm³/mol. The summed E-state index contributed by atoms with van der Waals surface area (Å²) in [6, 6.07) is 13.1. The molecule has 0 bridgehead atoms. The zero-order chi connectivity index (χ0) is 29.4.